The van der Waals surface area contributed by atoms with Crippen molar-refractivity contribution in [3.05, 3.63) is 32.8 Å². The minimum absolute atomic E-state index is 0.0161. The third-order valence-corrected chi connectivity index (χ3v) is 4.12. The summed E-state index contributed by atoms with van der Waals surface area (Å²) in [5.74, 6) is -0.252. The van der Waals surface area contributed by atoms with Crippen molar-refractivity contribution < 1.29 is 19.2 Å². The predicted molar refractivity (Wildman–Crippen MR) is 77.9 cm³/mol. The summed E-state index contributed by atoms with van der Waals surface area (Å²) >= 11 is 3.25. The maximum atomic E-state index is 11.8. The molecule has 7 nitrogen and oxygen atoms in total. The SMILES string of the molecule is COC(=O)C(N)(COc1cc([N+](=O)[O-])ccc1Br)C1CC1. The van der Waals surface area contributed by atoms with Crippen molar-refractivity contribution in [3.63, 3.8) is 0 Å². The summed E-state index contributed by atoms with van der Waals surface area (Å²) in [6, 6.07) is 4.16. The van der Waals surface area contributed by atoms with E-state index in [9.17, 15) is 14.9 Å². The van der Waals surface area contributed by atoms with Crippen LogP contribution in [0.25, 0.3) is 0 Å². The molecule has 1 aromatic carbocycles. The summed E-state index contributed by atoms with van der Waals surface area (Å²) in [6.07, 6.45) is 1.68. The van der Waals surface area contributed by atoms with E-state index in [-0.39, 0.29) is 24.0 Å². The number of methoxy groups -OCH3 is 1. The molecule has 1 aliphatic rings. The number of ether oxygens (including phenoxy) is 2. The molecule has 1 aliphatic carbocycles. The molecule has 1 atom stereocenters. The zero-order valence-corrected chi connectivity index (χ0v) is 13.0. The first-order chi connectivity index (χ1) is 9.88. The third-order valence-electron chi connectivity index (χ3n) is 3.46. The number of nitrogens with two attached hydrogens (primary N) is 1. The van der Waals surface area contributed by atoms with E-state index in [0.717, 1.165) is 12.8 Å². The standard InChI is InChI=1S/C13H15BrN2O5/c1-20-12(17)13(15,8-2-3-8)7-21-11-6-9(16(18)19)4-5-10(11)14/h4-6,8H,2-3,7,15H2,1H3. The number of benzene rings is 1. The van der Waals surface area contributed by atoms with Crippen LogP contribution < -0.4 is 10.5 Å². The topological polar surface area (TPSA) is 105 Å². The zero-order chi connectivity index (χ0) is 15.6. The van der Waals surface area contributed by atoms with Gasteiger partial charge in [-0.1, -0.05) is 0 Å². The van der Waals surface area contributed by atoms with Gasteiger partial charge in [0.05, 0.1) is 22.6 Å². The van der Waals surface area contributed by atoms with Crippen LogP contribution >= 0.6 is 15.9 Å². The maximum Gasteiger partial charge on any atom is 0.329 e. The van der Waals surface area contributed by atoms with Gasteiger partial charge in [0.25, 0.3) is 5.69 Å². The largest absolute Gasteiger partial charge is 0.490 e. The Morgan fingerprint density at radius 2 is 2.24 bits per heavy atom. The average molecular weight is 359 g/mol. The van der Waals surface area contributed by atoms with Gasteiger partial charge < -0.3 is 15.2 Å². The second-order valence-corrected chi connectivity index (χ2v) is 5.82. The quantitative estimate of drug-likeness (QED) is 0.473. The molecule has 1 saturated carbocycles. The number of carbonyl (C=O) groups excluding carboxylic acids is 1. The Labute approximate surface area is 129 Å². The van der Waals surface area contributed by atoms with Crippen LogP contribution in [0.15, 0.2) is 22.7 Å². The lowest BCUT2D eigenvalue weighted by Gasteiger charge is -2.26. The molecule has 0 radical (unpaired) electrons. The summed E-state index contributed by atoms with van der Waals surface area (Å²) in [7, 11) is 1.27. The van der Waals surface area contributed by atoms with Gasteiger partial charge >= 0.3 is 5.97 Å². The number of rotatable bonds is 6. The lowest BCUT2D eigenvalue weighted by molar-refractivity contribution is -0.385. The molecule has 0 saturated heterocycles. The first kappa shape index (κ1) is 15.7. The number of nitro groups is 1. The molecule has 21 heavy (non-hydrogen) atoms. The molecule has 0 aliphatic heterocycles. The summed E-state index contributed by atoms with van der Waals surface area (Å²) in [5, 5.41) is 10.8. The van der Waals surface area contributed by atoms with Crippen molar-refractivity contribution in [2.75, 3.05) is 13.7 Å². The molecule has 2 rings (SSSR count). The number of carbonyl (C=O) groups is 1. The van der Waals surface area contributed by atoms with Crippen molar-refractivity contribution in [1.82, 2.24) is 0 Å². The lowest BCUT2D eigenvalue weighted by atomic mass is 9.96. The number of nitrogens with zero attached hydrogens (tertiary/aromatic N) is 1. The van der Waals surface area contributed by atoms with Crippen molar-refractivity contribution in [3.8, 4) is 5.75 Å². The van der Waals surface area contributed by atoms with Gasteiger partial charge in [-0.15, -0.1) is 0 Å². The number of non-ortho nitro benzene ring substituents is 1. The Kier molecular flexibility index (Phi) is 4.48. The normalized spacial score (nSPS) is 16.9. The van der Waals surface area contributed by atoms with Gasteiger partial charge in [0.1, 0.15) is 12.4 Å². The van der Waals surface area contributed by atoms with Crippen LogP contribution in [0.1, 0.15) is 12.8 Å². The van der Waals surface area contributed by atoms with Crippen molar-refractivity contribution >= 4 is 27.6 Å². The van der Waals surface area contributed by atoms with Gasteiger partial charge in [-0.3, -0.25) is 10.1 Å². The van der Waals surface area contributed by atoms with Crippen molar-refractivity contribution in [2.24, 2.45) is 11.7 Å². The summed E-state index contributed by atoms with van der Waals surface area (Å²) in [5.41, 5.74) is 4.78. The number of hydrogen-bond acceptors (Lipinski definition) is 6. The lowest BCUT2D eigenvalue weighted by Crippen LogP contribution is -2.55. The third kappa shape index (κ3) is 3.33. The average Bonchev–Trinajstić information content (AvgIpc) is 3.29. The number of halogens is 1. The smallest absolute Gasteiger partial charge is 0.329 e. The van der Waals surface area contributed by atoms with Gasteiger partial charge in [-0.2, -0.15) is 0 Å². The van der Waals surface area contributed by atoms with Crippen molar-refractivity contribution in [2.45, 2.75) is 18.4 Å². The fourth-order valence-electron chi connectivity index (χ4n) is 2.05. The Morgan fingerprint density at radius 3 is 2.76 bits per heavy atom. The van der Waals surface area contributed by atoms with E-state index in [1.807, 2.05) is 0 Å². The van der Waals surface area contributed by atoms with Crippen LogP contribution in [0.4, 0.5) is 5.69 Å². The highest BCUT2D eigenvalue weighted by Crippen LogP contribution is 2.40. The fraction of sp³-hybridized carbons (Fsp3) is 0.462. The van der Waals surface area contributed by atoms with E-state index in [1.165, 1.54) is 25.3 Å². The zero-order valence-electron chi connectivity index (χ0n) is 11.4. The minimum atomic E-state index is -1.22. The summed E-state index contributed by atoms with van der Waals surface area (Å²) in [6.45, 7) is -0.0931. The van der Waals surface area contributed by atoms with Crippen LogP contribution in [0.3, 0.4) is 0 Å². The predicted octanol–water partition coefficient (Wildman–Crippen LogP) is 2.02. The molecule has 1 unspecified atom stereocenters. The molecular weight excluding hydrogens is 344 g/mol. The van der Waals surface area contributed by atoms with Crippen molar-refractivity contribution in [1.29, 1.82) is 0 Å². The second kappa shape index (κ2) is 5.98. The molecular formula is C13H15BrN2O5. The second-order valence-electron chi connectivity index (χ2n) is 4.97. The van der Waals surface area contributed by atoms with E-state index < -0.39 is 16.4 Å². The van der Waals surface area contributed by atoms with Gasteiger partial charge in [0.2, 0.25) is 0 Å². The fourth-order valence-corrected chi connectivity index (χ4v) is 2.41. The molecule has 0 bridgehead atoms. The first-order valence-electron chi connectivity index (χ1n) is 6.32. The van der Waals surface area contributed by atoms with Crippen LogP contribution in [0, 0.1) is 16.0 Å². The van der Waals surface area contributed by atoms with E-state index in [4.69, 9.17) is 15.2 Å². The van der Waals surface area contributed by atoms with E-state index in [1.54, 1.807) is 0 Å². The molecule has 1 aromatic rings. The molecule has 0 heterocycles. The van der Waals surface area contributed by atoms with Crippen LogP contribution in [0.5, 0.6) is 5.75 Å². The highest BCUT2D eigenvalue weighted by molar-refractivity contribution is 9.10. The van der Waals surface area contributed by atoms with E-state index in [2.05, 4.69) is 15.9 Å². The molecule has 1 fully saturated rings. The number of hydrogen-bond donors (Lipinski definition) is 1. The molecule has 8 heteroatoms. The molecule has 2 N–H and O–H groups in total. The van der Waals surface area contributed by atoms with Crippen LogP contribution in [-0.2, 0) is 9.53 Å². The van der Waals surface area contributed by atoms with Gasteiger partial charge in [-0.25, -0.2) is 4.79 Å². The first-order valence-corrected chi connectivity index (χ1v) is 7.12. The molecule has 114 valence electrons. The number of esters is 1. The van der Waals surface area contributed by atoms with Gasteiger partial charge in [0, 0.05) is 6.07 Å². The number of nitro benzene ring substituents is 1. The summed E-state index contributed by atoms with van der Waals surface area (Å²) in [4.78, 5) is 22.1. The van der Waals surface area contributed by atoms with E-state index >= 15 is 0 Å². The Hall–Kier alpha value is -1.67. The molecule has 0 spiro atoms. The highest BCUT2D eigenvalue weighted by atomic mass is 79.9. The monoisotopic (exact) mass is 358 g/mol. The van der Waals surface area contributed by atoms with Gasteiger partial charge in [0.15, 0.2) is 5.54 Å². The Balaban J connectivity index is 2.16. The maximum absolute atomic E-state index is 11.8. The highest BCUT2D eigenvalue weighted by Gasteiger charge is 2.50. The Bertz CT molecular complexity index is 576. The molecule has 0 aromatic heterocycles. The van der Waals surface area contributed by atoms with Crippen LogP contribution in [-0.4, -0.2) is 30.1 Å². The van der Waals surface area contributed by atoms with Crippen LogP contribution in [0.2, 0.25) is 0 Å². The molecule has 0 amide bonds. The van der Waals surface area contributed by atoms with E-state index in [0.29, 0.717) is 4.47 Å². The minimum Gasteiger partial charge on any atom is -0.490 e. The Morgan fingerprint density at radius 1 is 1.57 bits per heavy atom. The van der Waals surface area contributed by atoms with Gasteiger partial charge in [-0.05, 0) is 40.8 Å². The summed E-state index contributed by atoms with van der Waals surface area (Å²) < 4.78 is 10.8.